The molecule has 0 radical (unpaired) electrons. The normalized spacial score (nSPS) is 24.3. The number of imidazole rings is 1. The number of hydrogen-bond donors (Lipinski definition) is 7. The maximum Gasteiger partial charge on any atom is 0.292 e. The highest BCUT2D eigenvalue weighted by molar-refractivity contribution is 7.59. The summed E-state index contributed by atoms with van der Waals surface area (Å²) in [6, 6.07) is 16.5. The molecule has 2 aliphatic rings. The summed E-state index contributed by atoms with van der Waals surface area (Å²) in [6.45, 7) is 1.54. The Hall–Kier alpha value is -5.70. The molecule has 2 amide bonds. The number of phosphoric acid groups is 2. The van der Waals surface area contributed by atoms with E-state index in [2.05, 4.69) is 50.4 Å². The summed E-state index contributed by atoms with van der Waals surface area (Å²) < 4.78 is 60.5. The lowest BCUT2D eigenvalue weighted by molar-refractivity contribution is -0.765. The lowest BCUT2D eigenvalue weighted by Crippen LogP contribution is -2.46. The molecule has 0 bridgehead atoms. The van der Waals surface area contributed by atoms with Gasteiger partial charge in [0.2, 0.25) is 16.9 Å². The first kappa shape index (κ1) is 49.7. The molecule has 0 aliphatic carbocycles. The Labute approximate surface area is 391 Å². The highest BCUT2D eigenvalue weighted by atomic mass is 31.3. The summed E-state index contributed by atoms with van der Waals surface area (Å²) in [5, 5.41) is 48.5. The van der Waals surface area contributed by atoms with Gasteiger partial charge in [0, 0.05) is 37.7 Å². The Morgan fingerprint density at radius 2 is 1.59 bits per heavy atom. The van der Waals surface area contributed by atoms with Gasteiger partial charge >= 0.3 is 0 Å². The van der Waals surface area contributed by atoms with Gasteiger partial charge in [-0.1, -0.05) is 18.2 Å². The molecule has 368 valence electrons. The number of anilines is 1. The van der Waals surface area contributed by atoms with Crippen LogP contribution in [0.1, 0.15) is 42.6 Å². The number of fused-ring (bicyclic) bond motifs is 3. The fourth-order valence-corrected chi connectivity index (χ4v) is 9.91. The predicted molar refractivity (Wildman–Crippen MR) is 232 cm³/mol. The Kier molecular flexibility index (Phi) is 15.2. The number of nitrogens with one attached hydrogen (secondary N) is 2. The van der Waals surface area contributed by atoms with E-state index in [1.54, 1.807) is 0 Å². The summed E-state index contributed by atoms with van der Waals surface area (Å²) in [5.41, 5.74) is 9.26. The maximum absolute atomic E-state index is 12.7. The molecule has 6 heterocycles. The van der Waals surface area contributed by atoms with Crippen molar-refractivity contribution in [2.45, 2.75) is 75.4 Å². The summed E-state index contributed by atoms with van der Waals surface area (Å²) in [4.78, 5) is 66.9. The number of carbonyl (C=O) groups is 2. The summed E-state index contributed by atoms with van der Waals surface area (Å²) in [5.74, 6) is -0.0872. The van der Waals surface area contributed by atoms with Crippen molar-refractivity contribution in [2.24, 2.45) is 5.73 Å². The van der Waals surface area contributed by atoms with Gasteiger partial charge in [-0.2, -0.15) is 9.13 Å². The van der Waals surface area contributed by atoms with Crippen LogP contribution in [0.4, 0.5) is 5.82 Å². The zero-order chi connectivity index (χ0) is 49.0. The van der Waals surface area contributed by atoms with Crippen LogP contribution in [0.3, 0.4) is 0 Å². The number of nitrogens with two attached hydrogens (primary N) is 1. The number of aliphatic hydroxyl groups excluding tert-OH is 4. The van der Waals surface area contributed by atoms with Crippen LogP contribution in [0, 0.1) is 0 Å². The first-order valence-electron chi connectivity index (χ1n) is 21.5. The van der Waals surface area contributed by atoms with Crippen molar-refractivity contribution in [1.29, 1.82) is 0 Å². The van der Waals surface area contributed by atoms with Gasteiger partial charge in [-0.05, 0) is 31.5 Å². The molecule has 0 spiro atoms. The molecule has 6 aromatic rings. The number of rotatable bonds is 21. The van der Waals surface area contributed by atoms with E-state index in [1.807, 2.05) is 42.5 Å². The molecule has 4 aromatic heterocycles. The van der Waals surface area contributed by atoms with E-state index in [1.165, 1.54) is 46.3 Å². The SMILES string of the molecule is CC[n+]1c2ccccc2nc2c(OCCCC(=O)NCCNc3ncnc4c3ncn4C3OC(COP(=O)([O-])OP(=O)([O-])OCC4OC([n+]5cccc(C(N)=O)c5)C(O)C4O)C(O)C3O)cccc21. The molecule has 8 rings (SSSR count). The number of pyridine rings is 1. The van der Waals surface area contributed by atoms with Gasteiger partial charge < -0.3 is 69.8 Å². The highest BCUT2D eigenvalue weighted by Crippen LogP contribution is 2.56. The van der Waals surface area contributed by atoms with Crippen LogP contribution in [-0.2, 0) is 43.3 Å². The van der Waals surface area contributed by atoms with E-state index >= 15 is 0 Å². The summed E-state index contributed by atoms with van der Waals surface area (Å²) in [7, 11) is -11.5. The Balaban J connectivity index is 0.780. The van der Waals surface area contributed by atoms with E-state index in [0.29, 0.717) is 18.8 Å². The monoisotopic (exact) mass is 998 g/mol. The molecule has 0 saturated carbocycles. The zero-order valence-corrected chi connectivity index (χ0v) is 38.4. The molecule has 2 fully saturated rings. The molecule has 28 heteroatoms. The summed E-state index contributed by atoms with van der Waals surface area (Å²) >= 11 is 0. The maximum atomic E-state index is 12.7. The molecule has 2 aliphatic heterocycles. The van der Waals surface area contributed by atoms with Gasteiger partial charge in [-0.15, -0.1) is 0 Å². The van der Waals surface area contributed by atoms with Crippen molar-refractivity contribution in [2.75, 3.05) is 38.2 Å². The minimum atomic E-state index is -5.76. The van der Waals surface area contributed by atoms with E-state index in [4.69, 9.17) is 24.9 Å². The Morgan fingerprint density at radius 3 is 2.35 bits per heavy atom. The Morgan fingerprint density at radius 1 is 0.870 bits per heavy atom. The number of aryl methyl sites for hydroxylation is 1. The van der Waals surface area contributed by atoms with Gasteiger partial charge in [-0.25, -0.2) is 24.2 Å². The van der Waals surface area contributed by atoms with Crippen LogP contribution in [0.5, 0.6) is 5.75 Å². The number of hydrogen-bond acceptors (Lipinski definition) is 21. The van der Waals surface area contributed by atoms with Gasteiger partial charge in [0.15, 0.2) is 53.0 Å². The molecule has 69 heavy (non-hydrogen) atoms. The van der Waals surface area contributed by atoms with Gasteiger partial charge in [0.05, 0.1) is 26.1 Å². The van der Waals surface area contributed by atoms with Crippen molar-refractivity contribution in [3.8, 4) is 5.75 Å². The van der Waals surface area contributed by atoms with Crippen LogP contribution in [0.2, 0.25) is 0 Å². The molecular weight excluding hydrogens is 950 g/mol. The lowest BCUT2D eigenvalue weighted by Gasteiger charge is -2.31. The number of benzene rings is 2. The van der Waals surface area contributed by atoms with Crippen LogP contribution >= 0.6 is 15.6 Å². The van der Waals surface area contributed by atoms with Crippen molar-refractivity contribution in [3.63, 3.8) is 0 Å². The standard InChI is InChI=1S/C41H48N10O16P2/c1-2-50-25-10-4-3-9-24(25)48-31-26(50)11-5-12-27(31)62-17-7-13-30(52)43-14-15-44-38-32-39(46-21-45-38)51(22-47-32)41-36(56)34(54)29(66-41)20-64-69(60,61)67-68(58,59)63-19-28-33(53)35(55)40(65-28)49-16-6-8-23(18-49)37(42)57/h3-6,8-12,16,18,21-22,28-29,33-36,40-41,53-56H,2,7,13-15,17,19-20H2,1H3,(H4-2,42,43,44,45,46,52,57,58,59,60,61). The molecule has 2 saturated heterocycles. The third-order valence-electron chi connectivity index (χ3n) is 11.2. The topological polar surface area (TPSA) is 365 Å². The second-order valence-corrected chi connectivity index (χ2v) is 18.8. The minimum absolute atomic E-state index is 0.0419. The average molecular weight is 999 g/mol. The lowest BCUT2D eigenvalue weighted by atomic mass is 10.1. The number of phosphoric ester groups is 2. The summed E-state index contributed by atoms with van der Waals surface area (Å²) in [6.07, 6.45) is -6.86. The minimum Gasteiger partial charge on any atom is -0.756 e. The third-order valence-corrected chi connectivity index (χ3v) is 13.8. The third kappa shape index (κ3) is 11.2. The van der Waals surface area contributed by atoms with Crippen molar-refractivity contribution in [3.05, 3.63) is 85.2 Å². The predicted octanol–water partition coefficient (Wildman–Crippen LogP) is -1.47. The molecule has 10 atom stereocenters. The van der Waals surface area contributed by atoms with Gasteiger partial charge in [0.25, 0.3) is 27.8 Å². The van der Waals surface area contributed by atoms with E-state index < -0.39 is 83.8 Å². The van der Waals surface area contributed by atoms with E-state index in [9.17, 15) is 48.9 Å². The van der Waals surface area contributed by atoms with Crippen LogP contribution < -0.4 is 40.0 Å². The first-order valence-corrected chi connectivity index (χ1v) is 24.4. The number of nitrogens with zero attached hydrogens (tertiary/aromatic N) is 7. The van der Waals surface area contributed by atoms with Crippen LogP contribution in [-0.4, -0.2) is 126 Å². The zero-order valence-electron chi connectivity index (χ0n) is 36.6. The fourth-order valence-electron chi connectivity index (χ4n) is 7.89. The van der Waals surface area contributed by atoms with Crippen molar-refractivity contribution < 1.29 is 85.6 Å². The van der Waals surface area contributed by atoms with Crippen LogP contribution in [0.15, 0.2) is 79.6 Å². The number of ether oxygens (including phenoxy) is 3. The molecule has 8 N–H and O–H groups in total. The molecular formula is C41H48N10O16P2. The molecule has 26 nitrogen and oxygen atoms in total. The number of aromatic nitrogens is 7. The number of amides is 2. The quantitative estimate of drug-likeness (QED) is 0.0187. The van der Waals surface area contributed by atoms with Crippen LogP contribution in [0.25, 0.3) is 33.2 Å². The molecule has 2 aromatic carbocycles. The smallest absolute Gasteiger partial charge is 0.292 e. The Bertz CT molecular complexity index is 2930. The van der Waals surface area contributed by atoms with E-state index in [0.717, 1.165) is 28.6 Å². The van der Waals surface area contributed by atoms with Crippen molar-refractivity contribution >= 4 is 66.5 Å². The first-order chi connectivity index (χ1) is 33.0. The van der Waals surface area contributed by atoms with Crippen molar-refractivity contribution in [1.82, 2.24) is 29.8 Å². The number of aliphatic hydroxyl groups is 4. The fraction of sp³-hybridized carbons (Fsp3) is 0.415. The van der Waals surface area contributed by atoms with Gasteiger partial charge in [-0.3, -0.25) is 23.3 Å². The average Bonchev–Trinajstić information content (AvgIpc) is 3.98. The van der Waals surface area contributed by atoms with E-state index in [-0.39, 0.29) is 48.0 Å². The highest BCUT2D eigenvalue weighted by Gasteiger charge is 2.49. The number of para-hydroxylation sites is 3. The number of carbonyl (C=O) groups excluding carboxylic acids is 2. The van der Waals surface area contributed by atoms with Gasteiger partial charge in [0.1, 0.15) is 54.5 Å². The molecule has 10 unspecified atom stereocenters. The largest absolute Gasteiger partial charge is 0.756 e. The second-order valence-electron chi connectivity index (χ2n) is 15.8. The number of primary amides is 1. The second kappa shape index (κ2) is 21.1.